The van der Waals surface area contributed by atoms with Crippen LogP contribution in [0.2, 0.25) is 0 Å². The van der Waals surface area contributed by atoms with Gasteiger partial charge in [-0.2, -0.15) is 0 Å². The van der Waals surface area contributed by atoms with E-state index in [4.69, 9.17) is 0 Å². The van der Waals surface area contributed by atoms with Gasteiger partial charge in [0.05, 0.1) is 0 Å². The van der Waals surface area contributed by atoms with Gasteiger partial charge in [0.1, 0.15) is 5.82 Å². The maximum atomic E-state index is 13.4. The highest BCUT2D eigenvalue weighted by Gasteiger charge is 2.19. The molecule has 0 bridgehead atoms. The Hall–Kier alpha value is -2.40. The molecule has 0 radical (unpaired) electrons. The molecule has 1 aliphatic heterocycles. The third-order valence-electron chi connectivity index (χ3n) is 4.92. The summed E-state index contributed by atoms with van der Waals surface area (Å²) < 4.78 is 13.4. The average molecular weight is 356 g/mol. The maximum absolute atomic E-state index is 13.4. The maximum Gasteiger partial charge on any atom is 0.220 e. The van der Waals surface area contributed by atoms with Gasteiger partial charge in [-0.15, -0.1) is 0 Å². The Kier molecular flexibility index (Phi) is 5.57. The molecule has 0 atom stereocenters. The van der Waals surface area contributed by atoms with E-state index in [1.807, 2.05) is 32.0 Å². The molecule has 138 valence electrons. The summed E-state index contributed by atoms with van der Waals surface area (Å²) >= 11 is 0. The molecule has 0 unspecified atom stereocenters. The lowest BCUT2D eigenvalue weighted by Gasteiger charge is -2.36. The van der Waals surface area contributed by atoms with Gasteiger partial charge in [0.15, 0.2) is 5.75 Å². The summed E-state index contributed by atoms with van der Waals surface area (Å²) in [5.74, 6) is -0.155. The van der Waals surface area contributed by atoms with Crippen molar-refractivity contribution in [2.45, 2.75) is 26.3 Å². The smallest absolute Gasteiger partial charge is 0.220 e. The minimum Gasteiger partial charge on any atom is -0.504 e. The fourth-order valence-corrected chi connectivity index (χ4v) is 3.27. The zero-order chi connectivity index (χ0) is 18.7. The van der Waals surface area contributed by atoms with E-state index in [2.05, 4.69) is 9.80 Å². The summed E-state index contributed by atoms with van der Waals surface area (Å²) in [6, 6.07) is 11.9. The van der Waals surface area contributed by atoms with Crippen molar-refractivity contribution < 1.29 is 9.50 Å². The Labute approximate surface area is 153 Å². The van der Waals surface area contributed by atoms with Crippen molar-refractivity contribution in [3.8, 4) is 5.75 Å². The largest absolute Gasteiger partial charge is 0.504 e. The zero-order valence-corrected chi connectivity index (χ0v) is 15.3. The lowest BCUT2D eigenvalue weighted by atomic mass is 10.1. The van der Waals surface area contributed by atoms with Gasteiger partial charge in [-0.05, 0) is 35.7 Å². The van der Waals surface area contributed by atoms with Crippen LogP contribution in [0.15, 0.2) is 47.3 Å². The molecule has 0 amide bonds. The summed E-state index contributed by atoms with van der Waals surface area (Å²) in [5.41, 5.74) is 2.14. The van der Waals surface area contributed by atoms with E-state index in [1.54, 1.807) is 12.1 Å². The average Bonchev–Trinajstić information content (AvgIpc) is 2.76. The molecular formula is C21H25FN2O2. The van der Waals surface area contributed by atoms with Crippen LogP contribution in [-0.2, 0) is 6.54 Å². The van der Waals surface area contributed by atoms with Crippen molar-refractivity contribution in [1.82, 2.24) is 4.90 Å². The van der Waals surface area contributed by atoms with Crippen LogP contribution < -0.4 is 10.3 Å². The number of benzene rings is 1. The van der Waals surface area contributed by atoms with Crippen molar-refractivity contribution in [3.63, 3.8) is 0 Å². The molecule has 2 aromatic rings. The van der Waals surface area contributed by atoms with E-state index in [9.17, 15) is 14.3 Å². The van der Waals surface area contributed by atoms with E-state index < -0.39 is 0 Å². The number of anilines is 1. The zero-order valence-electron chi connectivity index (χ0n) is 15.3. The van der Waals surface area contributed by atoms with Crippen molar-refractivity contribution in [3.05, 3.63) is 69.6 Å². The number of hydrogen-bond donors (Lipinski definition) is 1. The fraction of sp³-hybridized carbons (Fsp3) is 0.381. The van der Waals surface area contributed by atoms with Crippen molar-refractivity contribution in [2.24, 2.45) is 0 Å². The Bertz CT molecular complexity index is 830. The minimum atomic E-state index is -0.327. The van der Waals surface area contributed by atoms with Gasteiger partial charge in [0, 0.05) is 44.0 Å². The molecule has 1 saturated heterocycles. The first-order chi connectivity index (χ1) is 12.4. The van der Waals surface area contributed by atoms with Gasteiger partial charge in [-0.3, -0.25) is 9.69 Å². The third kappa shape index (κ3) is 4.22. The van der Waals surface area contributed by atoms with Crippen LogP contribution in [0.1, 0.15) is 30.9 Å². The molecule has 2 aromatic carbocycles. The number of halogens is 1. The first kappa shape index (κ1) is 18.4. The summed E-state index contributed by atoms with van der Waals surface area (Å²) in [4.78, 5) is 16.5. The number of aromatic hydroxyl groups is 1. The van der Waals surface area contributed by atoms with Gasteiger partial charge < -0.3 is 10.0 Å². The Morgan fingerprint density at radius 2 is 1.81 bits per heavy atom. The second-order valence-electron chi connectivity index (χ2n) is 7.11. The topological polar surface area (TPSA) is 43.8 Å². The Morgan fingerprint density at radius 3 is 2.46 bits per heavy atom. The van der Waals surface area contributed by atoms with Gasteiger partial charge in [0.2, 0.25) is 5.43 Å². The first-order valence-electron chi connectivity index (χ1n) is 9.03. The standard InChI is InChI=1S/C21H25FN2O2/c1-15(2)16-6-7-17(21(26)20(25)12-16)14-23-8-10-24(11-9-23)19-5-3-4-18(22)13-19/h3-7,12-13,15H,8-11,14H2,1-2H3,(H,25,26). The molecule has 1 heterocycles. The summed E-state index contributed by atoms with van der Waals surface area (Å²) in [6.07, 6.45) is 0. The molecule has 3 rings (SSSR count). The monoisotopic (exact) mass is 356 g/mol. The van der Waals surface area contributed by atoms with E-state index in [0.717, 1.165) is 37.4 Å². The van der Waals surface area contributed by atoms with Crippen LogP contribution >= 0.6 is 0 Å². The minimum absolute atomic E-state index is 0.163. The molecular weight excluding hydrogens is 331 g/mol. The number of rotatable bonds is 4. The lowest BCUT2D eigenvalue weighted by Crippen LogP contribution is -2.46. The highest BCUT2D eigenvalue weighted by atomic mass is 19.1. The molecule has 0 aromatic heterocycles. The fourth-order valence-electron chi connectivity index (χ4n) is 3.27. The van der Waals surface area contributed by atoms with Crippen LogP contribution in [0.5, 0.6) is 5.75 Å². The highest BCUT2D eigenvalue weighted by molar-refractivity contribution is 5.47. The predicted molar refractivity (Wildman–Crippen MR) is 102 cm³/mol. The van der Waals surface area contributed by atoms with Gasteiger partial charge in [-0.1, -0.05) is 32.0 Å². The highest BCUT2D eigenvalue weighted by Crippen LogP contribution is 2.21. The van der Waals surface area contributed by atoms with Crippen LogP contribution in [0.4, 0.5) is 10.1 Å². The van der Waals surface area contributed by atoms with Crippen LogP contribution in [-0.4, -0.2) is 36.2 Å². The molecule has 4 nitrogen and oxygen atoms in total. The summed E-state index contributed by atoms with van der Waals surface area (Å²) in [7, 11) is 0. The molecule has 1 fully saturated rings. The summed E-state index contributed by atoms with van der Waals surface area (Å²) in [6.45, 7) is 7.73. The number of nitrogens with zero attached hydrogens (tertiary/aromatic N) is 2. The number of hydrogen-bond acceptors (Lipinski definition) is 4. The molecule has 1 aliphatic rings. The third-order valence-corrected chi connectivity index (χ3v) is 4.92. The van der Waals surface area contributed by atoms with E-state index in [1.165, 1.54) is 12.1 Å². The van der Waals surface area contributed by atoms with E-state index in [0.29, 0.717) is 12.1 Å². The second kappa shape index (κ2) is 7.87. The normalized spacial score (nSPS) is 15.5. The quantitative estimate of drug-likeness (QED) is 0.913. The molecule has 0 saturated carbocycles. The van der Waals surface area contributed by atoms with E-state index in [-0.39, 0.29) is 22.9 Å². The van der Waals surface area contributed by atoms with Gasteiger partial charge in [-0.25, -0.2) is 4.39 Å². The predicted octanol–water partition coefficient (Wildman–Crippen LogP) is 3.34. The van der Waals surface area contributed by atoms with Crippen LogP contribution in [0.25, 0.3) is 0 Å². The van der Waals surface area contributed by atoms with Crippen LogP contribution in [0, 0.1) is 5.82 Å². The Balaban J connectivity index is 1.69. The SMILES string of the molecule is CC(C)c1ccc(CN2CCN(c3cccc(F)c3)CC2)c(O)c(=O)c1. The molecule has 0 aliphatic carbocycles. The van der Waals surface area contributed by atoms with Crippen molar-refractivity contribution in [1.29, 1.82) is 0 Å². The Morgan fingerprint density at radius 1 is 1.08 bits per heavy atom. The van der Waals surface area contributed by atoms with Crippen molar-refractivity contribution >= 4 is 5.69 Å². The molecule has 26 heavy (non-hydrogen) atoms. The lowest BCUT2D eigenvalue weighted by molar-refractivity contribution is 0.246. The second-order valence-corrected chi connectivity index (χ2v) is 7.11. The van der Waals surface area contributed by atoms with Crippen LogP contribution in [0.3, 0.4) is 0 Å². The van der Waals surface area contributed by atoms with Gasteiger partial charge in [0.25, 0.3) is 0 Å². The molecule has 0 spiro atoms. The molecule has 1 N–H and O–H groups in total. The van der Waals surface area contributed by atoms with Crippen molar-refractivity contribution in [2.75, 3.05) is 31.1 Å². The number of piperazine rings is 1. The summed E-state index contributed by atoms with van der Waals surface area (Å²) in [5, 5.41) is 10.3. The first-order valence-corrected chi connectivity index (χ1v) is 9.03. The van der Waals surface area contributed by atoms with E-state index >= 15 is 0 Å². The molecule has 5 heteroatoms. The van der Waals surface area contributed by atoms with Gasteiger partial charge >= 0.3 is 0 Å².